The van der Waals surface area contributed by atoms with E-state index in [9.17, 15) is 4.79 Å². The summed E-state index contributed by atoms with van der Waals surface area (Å²) in [5.41, 5.74) is 1.01. The van der Waals surface area contributed by atoms with Crippen molar-refractivity contribution in [3.05, 3.63) is 46.4 Å². The first-order valence-corrected chi connectivity index (χ1v) is 6.78. The van der Waals surface area contributed by atoms with Gasteiger partial charge in [0.2, 0.25) is 0 Å². The average molecular weight is 275 g/mol. The summed E-state index contributed by atoms with van der Waals surface area (Å²) >= 11 is 0. The summed E-state index contributed by atoms with van der Waals surface area (Å²) in [6.07, 6.45) is 5.08. The Kier molecular flexibility index (Phi) is 4.27. The first-order valence-electron chi connectivity index (χ1n) is 6.78. The molecule has 5 nitrogen and oxygen atoms in total. The van der Waals surface area contributed by atoms with Gasteiger partial charge >= 0.3 is 0 Å². The number of anilines is 1. The third-order valence-corrected chi connectivity index (χ3v) is 3.19. The van der Waals surface area contributed by atoms with Gasteiger partial charge in [0.15, 0.2) is 5.82 Å². The first kappa shape index (κ1) is 14.4. The van der Waals surface area contributed by atoms with Crippen molar-refractivity contribution < 1.29 is 4.42 Å². The Hall–Kier alpha value is -2.04. The van der Waals surface area contributed by atoms with E-state index in [2.05, 4.69) is 18.8 Å². The highest BCUT2D eigenvalue weighted by molar-refractivity contribution is 5.36. The van der Waals surface area contributed by atoms with Crippen molar-refractivity contribution in [2.45, 2.75) is 33.9 Å². The minimum absolute atomic E-state index is 0.0511. The normalized spacial score (nSPS) is 11.1. The topological polar surface area (TPSA) is 51.3 Å². The van der Waals surface area contributed by atoms with Crippen molar-refractivity contribution in [1.29, 1.82) is 0 Å². The van der Waals surface area contributed by atoms with Crippen LogP contribution in [0.15, 0.2) is 33.9 Å². The largest absolute Gasteiger partial charge is 0.469 e. The van der Waals surface area contributed by atoms with Crippen molar-refractivity contribution in [3.63, 3.8) is 0 Å². The number of hydrogen-bond donors (Lipinski definition) is 0. The molecule has 5 heteroatoms. The molecule has 0 amide bonds. The summed E-state index contributed by atoms with van der Waals surface area (Å²) in [4.78, 5) is 18.5. The highest BCUT2D eigenvalue weighted by Gasteiger charge is 2.12. The fourth-order valence-corrected chi connectivity index (χ4v) is 2.14. The summed E-state index contributed by atoms with van der Waals surface area (Å²) in [5.74, 6) is 1.76. The minimum Gasteiger partial charge on any atom is -0.469 e. The minimum atomic E-state index is -0.0511. The third-order valence-electron chi connectivity index (χ3n) is 3.19. The lowest BCUT2D eigenvalue weighted by Crippen LogP contribution is -2.31. The van der Waals surface area contributed by atoms with Gasteiger partial charge in [-0.25, -0.2) is 4.98 Å². The molecule has 0 saturated heterocycles. The molecule has 0 atom stereocenters. The van der Waals surface area contributed by atoms with Gasteiger partial charge in [0.1, 0.15) is 5.76 Å². The number of aromatic nitrogens is 2. The van der Waals surface area contributed by atoms with Crippen LogP contribution >= 0.6 is 0 Å². The summed E-state index contributed by atoms with van der Waals surface area (Å²) in [7, 11) is 1.87. The number of nitrogens with zero attached hydrogens (tertiary/aromatic N) is 3. The van der Waals surface area contributed by atoms with Crippen LogP contribution in [0.1, 0.15) is 25.2 Å². The lowest BCUT2D eigenvalue weighted by atomic mass is 10.2. The highest BCUT2D eigenvalue weighted by atomic mass is 16.3. The van der Waals surface area contributed by atoms with E-state index >= 15 is 0 Å². The Labute approximate surface area is 118 Å². The highest BCUT2D eigenvalue weighted by Crippen LogP contribution is 2.13. The van der Waals surface area contributed by atoms with Crippen LogP contribution in [0.25, 0.3) is 0 Å². The Morgan fingerprint density at radius 1 is 1.45 bits per heavy atom. The van der Waals surface area contributed by atoms with Crippen LogP contribution in [-0.4, -0.2) is 16.6 Å². The predicted octanol–water partition coefficient (Wildman–Crippen LogP) is 2.44. The Morgan fingerprint density at radius 3 is 2.80 bits per heavy atom. The zero-order valence-corrected chi connectivity index (χ0v) is 12.5. The summed E-state index contributed by atoms with van der Waals surface area (Å²) in [6, 6.07) is 1.92. The molecule has 2 rings (SSSR count). The van der Waals surface area contributed by atoms with Crippen molar-refractivity contribution in [1.82, 2.24) is 9.55 Å². The number of rotatable bonds is 5. The Morgan fingerprint density at radius 2 is 2.20 bits per heavy atom. The van der Waals surface area contributed by atoms with E-state index in [1.807, 2.05) is 24.9 Å². The zero-order chi connectivity index (χ0) is 14.7. The Bertz CT molecular complexity index is 628. The van der Waals surface area contributed by atoms with E-state index in [1.54, 1.807) is 23.2 Å². The standard InChI is InChI=1S/C15H21N3O2/c1-11(2)9-18-7-6-16-14(15(18)19)17(4)10-13-5-8-20-12(13)3/h5-8,11H,9-10H2,1-4H3. The van der Waals surface area contributed by atoms with Crippen molar-refractivity contribution >= 4 is 5.82 Å². The molecule has 2 heterocycles. The maximum atomic E-state index is 12.4. The molecule has 0 bridgehead atoms. The van der Waals surface area contributed by atoms with E-state index in [4.69, 9.17) is 4.42 Å². The van der Waals surface area contributed by atoms with Crippen molar-refractivity contribution in [2.75, 3.05) is 11.9 Å². The molecule has 2 aromatic rings. The maximum absolute atomic E-state index is 12.4. The van der Waals surface area contributed by atoms with Crippen LogP contribution in [0, 0.1) is 12.8 Å². The van der Waals surface area contributed by atoms with Gasteiger partial charge < -0.3 is 13.9 Å². The molecule has 0 N–H and O–H groups in total. The number of aryl methyl sites for hydroxylation is 1. The van der Waals surface area contributed by atoms with Gasteiger partial charge in [0.25, 0.3) is 5.56 Å². The molecule has 0 aliphatic rings. The summed E-state index contributed by atoms with van der Waals surface area (Å²) in [5, 5.41) is 0. The smallest absolute Gasteiger partial charge is 0.293 e. The van der Waals surface area contributed by atoms with Crippen LogP contribution in [0.4, 0.5) is 5.82 Å². The third kappa shape index (κ3) is 3.10. The van der Waals surface area contributed by atoms with Gasteiger partial charge in [-0.3, -0.25) is 4.79 Å². The van der Waals surface area contributed by atoms with Gasteiger partial charge in [-0.1, -0.05) is 13.8 Å². The van der Waals surface area contributed by atoms with E-state index in [0.717, 1.165) is 11.3 Å². The lowest BCUT2D eigenvalue weighted by Gasteiger charge is -2.18. The maximum Gasteiger partial charge on any atom is 0.293 e. The predicted molar refractivity (Wildman–Crippen MR) is 78.9 cm³/mol. The van der Waals surface area contributed by atoms with Gasteiger partial charge in [-0.15, -0.1) is 0 Å². The molecular weight excluding hydrogens is 254 g/mol. The second-order valence-electron chi connectivity index (χ2n) is 5.46. The summed E-state index contributed by atoms with van der Waals surface area (Å²) < 4.78 is 6.99. The van der Waals surface area contributed by atoms with E-state index < -0.39 is 0 Å². The molecule has 0 aromatic carbocycles. The van der Waals surface area contributed by atoms with E-state index in [-0.39, 0.29) is 5.56 Å². The molecule has 0 fully saturated rings. The van der Waals surface area contributed by atoms with Crippen LogP contribution in [0.5, 0.6) is 0 Å². The number of furan rings is 1. The van der Waals surface area contributed by atoms with Gasteiger partial charge in [0.05, 0.1) is 6.26 Å². The fraction of sp³-hybridized carbons (Fsp3) is 0.467. The lowest BCUT2D eigenvalue weighted by molar-refractivity contribution is 0.508. The van der Waals surface area contributed by atoms with Crippen LogP contribution in [0.3, 0.4) is 0 Å². The molecule has 20 heavy (non-hydrogen) atoms. The molecular formula is C15H21N3O2. The van der Waals surface area contributed by atoms with Gasteiger partial charge in [-0.2, -0.15) is 0 Å². The van der Waals surface area contributed by atoms with E-state index in [1.165, 1.54) is 0 Å². The van der Waals surface area contributed by atoms with Gasteiger partial charge in [0, 0.05) is 38.1 Å². The van der Waals surface area contributed by atoms with Crippen LogP contribution < -0.4 is 10.5 Å². The molecule has 0 radical (unpaired) electrons. The second-order valence-corrected chi connectivity index (χ2v) is 5.46. The monoisotopic (exact) mass is 275 g/mol. The van der Waals surface area contributed by atoms with Gasteiger partial charge in [-0.05, 0) is 18.9 Å². The van der Waals surface area contributed by atoms with E-state index in [0.29, 0.717) is 24.8 Å². The molecule has 0 unspecified atom stereocenters. The SMILES string of the molecule is Cc1occc1CN(C)c1nccn(CC(C)C)c1=O. The average Bonchev–Trinajstić information content (AvgIpc) is 2.77. The molecule has 0 aliphatic heterocycles. The quantitative estimate of drug-likeness (QED) is 0.841. The summed E-state index contributed by atoms with van der Waals surface area (Å²) in [6.45, 7) is 7.40. The Balaban J connectivity index is 2.24. The van der Waals surface area contributed by atoms with Crippen LogP contribution in [-0.2, 0) is 13.1 Å². The second kappa shape index (κ2) is 5.94. The number of hydrogen-bond acceptors (Lipinski definition) is 4. The molecule has 2 aromatic heterocycles. The van der Waals surface area contributed by atoms with Crippen LogP contribution in [0.2, 0.25) is 0 Å². The molecule has 0 spiro atoms. The van der Waals surface area contributed by atoms with Crippen molar-refractivity contribution in [2.24, 2.45) is 5.92 Å². The molecule has 0 saturated carbocycles. The molecule has 0 aliphatic carbocycles. The molecule has 108 valence electrons. The zero-order valence-electron chi connectivity index (χ0n) is 12.5. The first-order chi connectivity index (χ1) is 9.49. The fourth-order valence-electron chi connectivity index (χ4n) is 2.14. The van der Waals surface area contributed by atoms with Crippen molar-refractivity contribution in [3.8, 4) is 0 Å².